The Hall–Kier alpha value is -4.02. The maximum absolute atomic E-state index is 15.3. The van der Waals surface area contributed by atoms with Crippen LogP contribution in [0.25, 0.3) is 45.2 Å². The predicted octanol–water partition coefficient (Wildman–Crippen LogP) is 6.73. The fourth-order valence-electron chi connectivity index (χ4n) is 5.74. The number of rotatable bonds is 9. The molecule has 0 bridgehead atoms. The zero-order chi connectivity index (χ0) is 29.0. The Balaban J connectivity index is 1.26. The van der Waals surface area contributed by atoms with Crippen molar-refractivity contribution in [2.45, 2.75) is 56.6 Å². The van der Waals surface area contributed by atoms with Gasteiger partial charge in [0.2, 0.25) is 5.89 Å². The average Bonchev–Trinajstić information content (AvgIpc) is 3.58. The maximum Gasteiger partial charge on any atom is 0.246 e. The fraction of sp³-hybridized carbons (Fsp3) is 0.375. The first-order valence-corrected chi connectivity index (χ1v) is 14.4. The van der Waals surface area contributed by atoms with Crippen LogP contribution in [0.5, 0.6) is 0 Å². The number of hydrogen-bond donors (Lipinski definition) is 1. The van der Waals surface area contributed by atoms with E-state index < -0.39 is 5.82 Å². The molecule has 7 rings (SSSR count). The number of fused-ring (bicyclic) bond motifs is 1. The molecule has 5 aromatic rings. The zero-order valence-corrected chi connectivity index (χ0v) is 23.8. The molecular weight excluding hydrogens is 538 g/mol. The molecule has 0 aliphatic heterocycles. The number of pyridine rings is 1. The molecule has 2 saturated carbocycles. The molecule has 0 spiro atoms. The van der Waals surface area contributed by atoms with Gasteiger partial charge in [0.15, 0.2) is 17.2 Å². The summed E-state index contributed by atoms with van der Waals surface area (Å²) in [6.07, 6.45) is 6.86. The first-order chi connectivity index (χ1) is 20.3. The highest BCUT2D eigenvalue weighted by Gasteiger charge is 2.37. The second kappa shape index (κ2) is 10.4. The van der Waals surface area contributed by atoms with Crippen molar-refractivity contribution in [3.05, 3.63) is 71.7 Å². The highest BCUT2D eigenvalue weighted by molar-refractivity contribution is 5.83. The Bertz CT molecular complexity index is 1780. The number of benzene rings is 2. The molecule has 42 heavy (non-hydrogen) atoms. The Kier molecular flexibility index (Phi) is 6.62. The van der Waals surface area contributed by atoms with E-state index >= 15 is 4.39 Å². The van der Waals surface area contributed by atoms with Gasteiger partial charge < -0.3 is 19.0 Å². The van der Waals surface area contributed by atoms with Gasteiger partial charge in [-0.05, 0) is 92.1 Å². The lowest BCUT2D eigenvalue weighted by atomic mass is 9.80. The second-order valence-electron chi connectivity index (χ2n) is 11.6. The van der Waals surface area contributed by atoms with E-state index in [9.17, 15) is 4.39 Å². The highest BCUT2D eigenvalue weighted by atomic mass is 19.1. The molecule has 2 fully saturated rings. The van der Waals surface area contributed by atoms with E-state index in [0.717, 1.165) is 54.5 Å². The standard InChI is InChI=1S/C32H32F2N6O2/c1-18(35-16-32(41-3)9-4-10-32)20-11-25(34)29-27(12-20)38-31(42-29)28-14-21(13-26(37-28)19-5-6-19)23-8-7-22(33)15-24(23)30-39-36-17-40(30)2/h7-8,11-15,17-19,35H,4-6,9-10,16H2,1-3H3/t18-/m0/s1. The van der Waals surface area contributed by atoms with Crippen molar-refractivity contribution in [2.75, 3.05) is 13.7 Å². The summed E-state index contributed by atoms with van der Waals surface area (Å²) < 4.78 is 43.2. The number of oxazole rings is 1. The van der Waals surface area contributed by atoms with Gasteiger partial charge in [-0.1, -0.05) is 6.07 Å². The summed E-state index contributed by atoms with van der Waals surface area (Å²) in [4.78, 5) is 9.56. The van der Waals surface area contributed by atoms with E-state index in [0.29, 0.717) is 35.1 Å². The van der Waals surface area contributed by atoms with E-state index in [-0.39, 0.29) is 28.9 Å². The number of aryl methyl sites for hydroxylation is 1. The van der Waals surface area contributed by atoms with Gasteiger partial charge in [0.05, 0.1) is 5.60 Å². The van der Waals surface area contributed by atoms with Crippen molar-refractivity contribution in [3.8, 4) is 34.1 Å². The number of aromatic nitrogens is 5. The summed E-state index contributed by atoms with van der Waals surface area (Å²) in [7, 11) is 3.57. The Morgan fingerprint density at radius 3 is 2.62 bits per heavy atom. The largest absolute Gasteiger partial charge is 0.432 e. The van der Waals surface area contributed by atoms with Crippen molar-refractivity contribution < 1.29 is 17.9 Å². The topological polar surface area (TPSA) is 90.9 Å². The van der Waals surface area contributed by atoms with Crippen molar-refractivity contribution in [1.82, 2.24) is 30.0 Å². The molecule has 0 radical (unpaired) electrons. The Morgan fingerprint density at radius 1 is 1.10 bits per heavy atom. The summed E-state index contributed by atoms with van der Waals surface area (Å²) in [6, 6.07) is 11.8. The second-order valence-corrected chi connectivity index (χ2v) is 11.6. The van der Waals surface area contributed by atoms with E-state index in [1.54, 1.807) is 24.1 Å². The molecule has 0 saturated heterocycles. The van der Waals surface area contributed by atoms with Crippen LogP contribution in [0, 0.1) is 11.6 Å². The van der Waals surface area contributed by atoms with Crippen LogP contribution in [0.1, 0.15) is 62.2 Å². The number of nitrogens with zero attached hydrogens (tertiary/aromatic N) is 5. The summed E-state index contributed by atoms with van der Waals surface area (Å²) in [5, 5.41) is 11.7. The zero-order valence-electron chi connectivity index (χ0n) is 23.8. The molecule has 1 atom stereocenters. The van der Waals surface area contributed by atoms with E-state index in [1.165, 1.54) is 18.2 Å². The van der Waals surface area contributed by atoms with Gasteiger partial charge in [-0.25, -0.2) is 18.7 Å². The minimum atomic E-state index is -0.471. The number of ether oxygens (including phenoxy) is 1. The van der Waals surface area contributed by atoms with Crippen molar-refractivity contribution in [2.24, 2.45) is 7.05 Å². The summed E-state index contributed by atoms with van der Waals surface area (Å²) >= 11 is 0. The lowest BCUT2D eigenvalue weighted by molar-refractivity contribution is -0.0706. The van der Waals surface area contributed by atoms with Gasteiger partial charge in [0.25, 0.3) is 0 Å². The Morgan fingerprint density at radius 2 is 1.93 bits per heavy atom. The van der Waals surface area contributed by atoms with Crippen LogP contribution in [-0.4, -0.2) is 44.0 Å². The van der Waals surface area contributed by atoms with Gasteiger partial charge in [-0.2, -0.15) is 0 Å². The van der Waals surface area contributed by atoms with Crippen molar-refractivity contribution in [1.29, 1.82) is 0 Å². The van der Waals surface area contributed by atoms with Crippen LogP contribution in [0.4, 0.5) is 8.78 Å². The number of halogens is 2. The maximum atomic E-state index is 15.3. The van der Waals surface area contributed by atoms with E-state index in [4.69, 9.17) is 14.1 Å². The minimum Gasteiger partial charge on any atom is -0.432 e. The lowest BCUT2D eigenvalue weighted by Gasteiger charge is -2.41. The summed E-state index contributed by atoms with van der Waals surface area (Å²) in [6.45, 7) is 2.71. The van der Waals surface area contributed by atoms with Crippen molar-refractivity contribution >= 4 is 11.1 Å². The SMILES string of the molecule is COC1(CN[C@@H](C)c2cc(F)c3oc(-c4cc(-c5ccc(F)cc5-c5nncn5C)cc(C5CC5)n4)nc3c2)CCC1. The van der Waals surface area contributed by atoms with Crippen LogP contribution in [0.2, 0.25) is 0 Å². The van der Waals surface area contributed by atoms with Crippen LogP contribution in [0.15, 0.2) is 53.2 Å². The van der Waals surface area contributed by atoms with Gasteiger partial charge in [-0.3, -0.25) is 0 Å². The molecule has 216 valence electrons. The molecule has 3 heterocycles. The van der Waals surface area contributed by atoms with Crippen molar-refractivity contribution in [3.63, 3.8) is 0 Å². The monoisotopic (exact) mass is 570 g/mol. The molecule has 2 aliphatic rings. The predicted molar refractivity (Wildman–Crippen MR) is 155 cm³/mol. The van der Waals surface area contributed by atoms with E-state index in [2.05, 4.69) is 20.5 Å². The smallest absolute Gasteiger partial charge is 0.246 e. The number of methoxy groups -OCH3 is 1. The first-order valence-electron chi connectivity index (χ1n) is 14.4. The molecule has 8 nitrogen and oxygen atoms in total. The quantitative estimate of drug-likeness (QED) is 0.210. The number of nitrogens with one attached hydrogen (secondary N) is 1. The molecule has 2 aliphatic carbocycles. The van der Waals surface area contributed by atoms with Crippen LogP contribution in [0.3, 0.4) is 0 Å². The molecule has 0 amide bonds. The van der Waals surface area contributed by atoms with Crippen LogP contribution >= 0.6 is 0 Å². The molecule has 10 heteroatoms. The van der Waals surface area contributed by atoms with E-state index in [1.807, 2.05) is 32.2 Å². The number of hydrogen-bond acceptors (Lipinski definition) is 7. The summed E-state index contributed by atoms with van der Waals surface area (Å²) in [5.74, 6) is 0.270. The van der Waals surface area contributed by atoms with Crippen LogP contribution in [-0.2, 0) is 11.8 Å². The molecular formula is C32H32F2N6O2. The third-order valence-electron chi connectivity index (χ3n) is 8.70. The minimum absolute atomic E-state index is 0.0926. The fourth-order valence-corrected chi connectivity index (χ4v) is 5.74. The van der Waals surface area contributed by atoms with Gasteiger partial charge in [0, 0.05) is 43.9 Å². The lowest BCUT2D eigenvalue weighted by Crippen LogP contribution is -2.48. The third-order valence-corrected chi connectivity index (χ3v) is 8.70. The van der Waals surface area contributed by atoms with Gasteiger partial charge >= 0.3 is 0 Å². The third kappa shape index (κ3) is 4.88. The van der Waals surface area contributed by atoms with Crippen LogP contribution < -0.4 is 5.32 Å². The van der Waals surface area contributed by atoms with Gasteiger partial charge in [0.1, 0.15) is 23.4 Å². The molecule has 1 N–H and O–H groups in total. The molecule has 2 aromatic carbocycles. The normalized spacial score (nSPS) is 17.0. The average molecular weight is 571 g/mol. The highest BCUT2D eigenvalue weighted by Crippen LogP contribution is 2.43. The molecule has 0 unspecified atom stereocenters. The summed E-state index contributed by atoms with van der Waals surface area (Å²) in [5.41, 5.74) is 4.79. The Labute approximate surface area is 242 Å². The first kappa shape index (κ1) is 26.9. The van der Waals surface area contributed by atoms with Gasteiger partial charge in [-0.15, -0.1) is 10.2 Å². The molecule has 3 aromatic heterocycles.